The van der Waals surface area contributed by atoms with Crippen LogP contribution in [0.15, 0.2) is 0 Å². The first-order valence-corrected chi connectivity index (χ1v) is 10.3. The molecule has 0 spiro atoms. The van der Waals surface area contributed by atoms with Gasteiger partial charge in [0.2, 0.25) is 0 Å². The topological polar surface area (TPSA) is 155 Å². The second kappa shape index (κ2) is 17.3. The summed E-state index contributed by atoms with van der Waals surface area (Å²) in [5.41, 5.74) is 0. The Labute approximate surface area is 174 Å². The zero-order valence-electron chi connectivity index (χ0n) is 15.9. The summed E-state index contributed by atoms with van der Waals surface area (Å²) < 4.78 is 15.9. The maximum absolute atomic E-state index is 11.0. The van der Waals surface area contributed by atoms with E-state index >= 15 is 0 Å². The lowest BCUT2D eigenvalue weighted by molar-refractivity contribution is -0.309. The van der Waals surface area contributed by atoms with Gasteiger partial charge in [-0.1, -0.05) is 14.9 Å². The van der Waals surface area contributed by atoms with Crippen LogP contribution in [0.1, 0.15) is 27.7 Å². The van der Waals surface area contributed by atoms with Crippen LogP contribution in [0.25, 0.3) is 0 Å². The maximum atomic E-state index is 11.0. The molecule has 174 valence electrons. The van der Waals surface area contributed by atoms with Gasteiger partial charge >= 0.3 is 8.80 Å². The number of hydrogen-bond acceptors (Lipinski definition) is 11. The molecule has 0 aliphatic heterocycles. The minimum atomic E-state index is -2.77. The molecule has 0 saturated heterocycles. The molecule has 0 bridgehead atoms. The van der Waals surface area contributed by atoms with Gasteiger partial charge < -0.3 is 43.0 Å². The number of carbonyl (C=O) groups excluding carboxylic acids is 3. The Bertz CT molecular complexity index is 468. The van der Waals surface area contributed by atoms with Gasteiger partial charge in [0.05, 0.1) is 11.9 Å². The number of carbonyl (C=O) groups is 3. The Morgan fingerprint density at radius 1 is 0.724 bits per heavy atom. The Kier molecular flexibility index (Phi) is 19.1. The third kappa shape index (κ3) is 15.0. The van der Waals surface area contributed by atoms with Crippen LogP contribution in [0.3, 0.4) is 0 Å². The molecule has 0 atom stereocenters. The van der Waals surface area contributed by atoms with Gasteiger partial charge in [-0.25, -0.2) is 0 Å². The van der Waals surface area contributed by atoms with Gasteiger partial charge in [0.15, 0.2) is 0 Å². The van der Waals surface area contributed by atoms with Gasteiger partial charge in [-0.2, -0.15) is 0 Å². The molecule has 0 amide bonds. The molecule has 0 fully saturated rings. The second-order valence-corrected chi connectivity index (χ2v) is 8.91. The first-order valence-electron chi connectivity index (χ1n) is 8.37. The van der Waals surface area contributed by atoms with Crippen LogP contribution in [0, 0.1) is 0 Å². The molecule has 0 aromatic carbocycles. The molecule has 0 aromatic heterocycles. The monoisotopic (exact) mass is 439 g/mol. The Hall–Kier alpha value is -1.57. The summed E-state index contributed by atoms with van der Waals surface area (Å²) in [5.74, 6) is -3.93. The van der Waals surface area contributed by atoms with Crippen molar-refractivity contribution in [3.8, 4) is 0 Å². The van der Waals surface area contributed by atoms with Crippen LogP contribution in [-0.4, -0.2) is 97.1 Å². The number of hydrogen-bond donors (Lipinski definition) is 0. The van der Waals surface area contributed by atoms with Crippen molar-refractivity contribution in [1.29, 1.82) is 0 Å². The van der Waals surface area contributed by atoms with E-state index in [4.69, 9.17) is 13.3 Å². The summed E-state index contributed by atoms with van der Waals surface area (Å²) in [4.78, 5) is 35.2. The number of carboxylic acids is 3. The normalized spacial score (nSPS) is 11.1. The number of rotatable bonds is 17. The van der Waals surface area contributed by atoms with Crippen LogP contribution in [0.2, 0.25) is 6.04 Å². The molecule has 0 aromatic rings. The van der Waals surface area contributed by atoms with Crippen LogP contribution in [0.5, 0.6) is 0 Å². The average molecular weight is 440 g/mol. The number of aliphatic carboxylic acids is 3. The van der Waals surface area contributed by atoms with E-state index in [0.717, 1.165) is 0 Å². The summed E-state index contributed by atoms with van der Waals surface area (Å²) >= 11 is 0. The Morgan fingerprint density at radius 2 is 1.14 bits per heavy atom. The maximum Gasteiger partial charge on any atom is 0.500 e. The summed E-state index contributed by atoms with van der Waals surface area (Å²) in [6.45, 7) is -0.132. The summed E-state index contributed by atoms with van der Waals surface area (Å²) in [7, 11) is 1.66. The fraction of sp³-hybridized carbons (Fsp3) is 0.824. The molecule has 12 heteroatoms. The molecule has 0 heterocycles. The highest BCUT2D eigenvalue weighted by Gasteiger charge is 2.37. The third-order valence-electron chi connectivity index (χ3n) is 3.96. The zero-order valence-corrected chi connectivity index (χ0v) is 16.9. The average Bonchev–Trinajstić information content (AvgIpc) is 2.60. The fourth-order valence-corrected chi connectivity index (χ4v) is 4.22. The summed E-state index contributed by atoms with van der Waals surface area (Å²) in [6.07, 6.45) is 0.186. The Morgan fingerprint density at radius 3 is 1.48 bits per heavy atom. The van der Waals surface area contributed by atoms with E-state index in [1.165, 1.54) is 26.2 Å². The van der Waals surface area contributed by atoms with Gasteiger partial charge in [0.25, 0.3) is 0 Å². The van der Waals surface area contributed by atoms with E-state index in [9.17, 15) is 29.7 Å². The van der Waals surface area contributed by atoms with Gasteiger partial charge in [0, 0.05) is 66.1 Å². The molecular weight excluding hydrogens is 404 g/mol. The van der Waals surface area contributed by atoms with E-state index in [0.29, 0.717) is 19.0 Å². The standard InChI is InChI=1S/C15H30N2O9Si.2CH4/c1-24-27(25-2,26-3)10-4-6-16(11-14(20)21)8-9-17(12-15(22)23)7-5-13(18)19;;/h4-12H2,1-3H3,(H,18,19)(H,20,21)(H,22,23);2*1H4/p-3. The molecule has 0 unspecified atom stereocenters. The lowest BCUT2D eigenvalue weighted by Crippen LogP contribution is -2.47. The van der Waals surface area contributed by atoms with Crippen LogP contribution >= 0.6 is 0 Å². The van der Waals surface area contributed by atoms with Crippen LogP contribution < -0.4 is 15.3 Å². The summed E-state index contributed by atoms with van der Waals surface area (Å²) in [5, 5.41) is 32.3. The highest BCUT2D eigenvalue weighted by molar-refractivity contribution is 6.60. The minimum Gasteiger partial charge on any atom is -0.550 e. The molecule has 0 saturated carbocycles. The van der Waals surface area contributed by atoms with E-state index < -0.39 is 33.3 Å². The predicted octanol–water partition coefficient (Wildman–Crippen LogP) is -3.23. The smallest absolute Gasteiger partial charge is 0.500 e. The van der Waals surface area contributed by atoms with Gasteiger partial charge in [-0.05, 0) is 19.4 Å². The van der Waals surface area contributed by atoms with E-state index in [-0.39, 0.29) is 47.5 Å². The Balaban J connectivity index is -0.00000338. The van der Waals surface area contributed by atoms with Gasteiger partial charge in [-0.15, -0.1) is 0 Å². The van der Waals surface area contributed by atoms with Crippen molar-refractivity contribution in [1.82, 2.24) is 9.80 Å². The van der Waals surface area contributed by atoms with Crippen molar-refractivity contribution >= 4 is 26.7 Å². The van der Waals surface area contributed by atoms with E-state index in [2.05, 4.69) is 0 Å². The predicted molar refractivity (Wildman–Crippen MR) is 102 cm³/mol. The van der Waals surface area contributed by atoms with Crippen molar-refractivity contribution in [2.24, 2.45) is 0 Å². The van der Waals surface area contributed by atoms with Crippen molar-refractivity contribution in [2.45, 2.75) is 33.7 Å². The summed E-state index contributed by atoms with van der Waals surface area (Å²) in [6, 6.07) is 0.466. The second-order valence-electron chi connectivity index (χ2n) is 5.82. The molecule has 29 heavy (non-hydrogen) atoms. The quantitative estimate of drug-likeness (QED) is 0.210. The van der Waals surface area contributed by atoms with Crippen molar-refractivity contribution < 1.29 is 43.0 Å². The molecule has 0 rings (SSSR count). The highest BCUT2D eigenvalue weighted by Crippen LogP contribution is 2.15. The first kappa shape index (κ1) is 32.1. The van der Waals surface area contributed by atoms with Crippen LogP contribution in [0.4, 0.5) is 0 Å². The SMILES string of the molecule is C.C.CO[Si](CCCN(CCN(CCC(=O)[O-])CC(=O)[O-])CC(=O)[O-])(OC)OC. The lowest BCUT2D eigenvalue weighted by Gasteiger charge is -2.29. The number of carboxylic acid groups (broad SMARTS) is 3. The minimum absolute atomic E-state index is 0. The van der Waals surface area contributed by atoms with Crippen molar-refractivity contribution in [2.75, 3.05) is 60.6 Å². The fourth-order valence-electron chi connectivity index (χ4n) is 2.51. The van der Waals surface area contributed by atoms with Gasteiger partial charge in [0.1, 0.15) is 0 Å². The van der Waals surface area contributed by atoms with Crippen molar-refractivity contribution in [3.05, 3.63) is 0 Å². The molecule has 0 aliphatic rings. The molecule has 11 nitrogen and oxygen atoms in total. The number of nitrogens with zero attached hydrogens (tertiary/aromatic N) is 2. The molecule has 0 radical (unpaired) electrons. The molecule has 0 aliphatic carbocycles. The van der Waals surface area contributed by atoms with Gasteiger partial charge in [-0.3, -0.25) is 9.80 Å². The van der Waals surface area contributed by atoms with Crippen molar-refractivity contribution in [3.63, 3.8) is 0 Å². The zero-order chi connectivity index (χ0) is 20.9. The highest BCUT2D eigenvalue weighted by atomic mass is 28.4. The first-order chi connectivity index (χ1) is 12.7. The van der Waals surface area contributed by atoms with E-state index in [1.807, 2.05) is 0 Å². The van der Waals surface area contributed by atoms with E-state index in [1.54, 1.807) is 4.90 Å². The molecular formula is C17H35N2O9Si-3. The molecule has 0 N–H and O–H groups in total. The third-order valence-corrected chi connectivity index (χ3v) is 6.79. The lowest BCUT2D eigenvalue weighted by atomic mass is 10.3. The van der Waals surface area contributed by atoms with Crippen LogP contribution in [-0.2, 0) is 27.7 Å². The largest absolute Gasteiger partial charge is 0.550 e.